The van der Waals surface area contributed by atoms with E-state index in [0.29, 0.717) is 30.4 Å². The summed E-state index contributed by atoms with van der Waals surface area (Å²) in [4.78, 5) is 55.6. The highest BCUT2D eigenvalue weighted by Crippen LogP contribution is 2.63. The Morgan fingerprint density at radius 1 is 1.16 bits per heavy atom. The quantitative estimate of drug-likeness (QED) is 0.341. The van der Waals surface area contributed by atoms with Crippen LogP contribution >= 0.6 is 0 Å². The third-order valence-corrected chi connectivity index (χ3v) is 9.59. The van der Waals surface area contributed by atoms with Gasteiger partial charge in [0, 0.05) is 49.7 Å². The van der Waals surface area contributed by atoms with Crippen molar-refractivity contribution in [3.8, 4) is 0 Å². The predicted octanol–water partition coefficient (Wildman–Crippen LogP) is 2.11. The van der Waals surface area contributed by atoms with Gasteiger partial charge in [-0.2, -0.15) is 0 Å². The minimum atomic E-state index is -1.15. The average Bonchev–Trinajstić information content (AvgIpc) is 3.14. The second kappa shape index (κ2) is 9.34. The van der Waals surface area contributed by atoms with Gasteiger partial charge >= 0.3 is 11.9 Å². The van der Waals surface area contributed by atoms with Gasteiger partial charge < -0.3 is 24.2 Å². The van der Waals surface area contributed by atoms with Gasteiger partial charge in [0.2, 0.25) is 11.6 Å². The first-order valence-electron chi connectivity index (χ1n) is 13.4. The molecule has 0 aromatic heterocycles. The minimum absolute atomic E-state index is 0.0192. The van der Waals surface area contributed by atoms with E-state index in [1.807, 2.05) is 18.7 Å². The molecule has 0 aromatic rings. The molecule has 2 saturated heterocycles. The Morgan fingerprint density at radius 3 is 2.51 bits per heavy atom. The lowest BCUT2D eigenvalue weighted by atomic mass is 9.50. The molecule has 3 aliphatic carbocycles. The molecule has 2 heterocycles. The number of fused-ring (bicyclic) bond motifs is 4. The van der Waals surface area contributed by atoms with Gasteiger partial charge in [-0.1, -0.05) is 13.8 Å². The van der Waals surface area contributed by atoms with Crippen molar-refractivity contribution in [2.75, 3.05) is 26.8 Å². The number of hydrogen-bond donors (Lipinski definition) is 1. The number of cyclic esters (lactones) is 1. The fourth-order valence-corrected chi connectivity index (χ4v) is 7.73. The van der Waals surface area contributed by atoms with Crippen molar-refractivity contribution in [1.82, 2.24) is 4.90 Å². The van der Waals surface area contributed by atoms with E-state index in [4.69, 9.17) is 14.2 Å². The predicted molar refractivity (Wildman–Crippen MR) is 131 cm³/mol. The molecular weight excluding hydrogens is 478 g/mol. The van der Waals surface area contributed by atoms with Gasteiger partial charge in [0.05, 0.1) is 24.2 Å². The standard InChI is InChI=1S/C28H37NO8/c1-15(30)36-18-12-27(2)17(8-9-19(27)31)21-23(18)28(3)20(14-35-4)37-26(34)16(22(28)25(33)24(21)32)13-29-10-6-5-7-11-29/h13,17-20,22,31H,5-12,14H2,1-4H3/b16-13+/t17?,18-,19+,20-,22?,27+,28+/m1/s1. The van der Waals surface area contributed by atoms with Gasteiger partial charge in [-0.05, 0) is 50.0 Å². The number of carbonyl (C=O) groups excluding carboxylic acids is 4. The molecule has 0 aromatic carbocycles. The summed E-state index contributed by atoms with van der Waals surface area (Å²) in [6.45, 7) is 6.58. The van der Waals surface area contributed by atoms with Crippen LogP contribution in [0.15, 0.2) is 22.9 Å². The highest BCUT2D eigenvalue weighted by atomic mass is 16.6. The van der Waals surface area contributed by atoms with E-state index in [1.165, 1.54) is 14.0 Å². The number of aliphatic hydroxyl groups is 1. The van der Waals surface area contributed by atoms with Crippen LogP contribution in [-0.2, 0) is 33.4 Å². The average molecular weight is 516 g/mol. The van der Waals surface area contributed by atoms with E-state index in [9.17, 15) is 24.3 Å². The summed E-state index contributed by atoms with van der Waals surface area (Å²) in [7, 11) is 1.49. The number of nitrogens with zero attached hydrogens (tertiary/aromatic N) is 1. The van der Waals surface area contributed by atoms with Crippen molar-refractivity contribution in [2.45, 2.75) is 77.6 Å². The monoisotopic (exact) mass is 515 g/mol. The summed E-state index contributed by atoms with van der Waals surface area (Å²) >= 11 is 0. The molecule has 2 aliphatic heterocycles. The number of esters is 2. The van der Waals surface area contributed by atoms with Crippen LogP contribution in [0, 0.1) is 22.7 Å². The summed E-state index contributed by atoms with van der Waals surface area (Å²) in [6.07, 6.45) is 3.74. The number of Topliss-reactive ketones (excluding diaryl/α,β-unsaturated/α-hetero) is 2. The molecule has 5 aliphatic rings. The molecule has 3 fully saturated rings. The Morgan fingerprint density at radius 2 is 1.86 bits per heavy atom. The smallest absolute Gasteiger partial charge is 0.336 e. The number of likely N-dealkylation sites (tertiary alicyclic amines) is 1. The number of rotatable bonds is 4. The molecule has 0 radical (unpaired) electrons. The Kier molecular flexibility index (Phi) is 6.59. The van der Waals surface area contributed by atoms with Gasteiger partial charge in [-0.15, -0.1) is 0 Å². The van der Waals surface area contributed by atoms with Crippen molar-refractivity contribution < 1.29 is 38.5 Å². The Balaban J connectivity index is 1.73. The summed E-state index contributed by atoms with van der Waals surface area (Å²) in [5, 5.41) is 10.9. The highest BCUT2D eigenvalue weighted by molar-refractivity contribution is 6.47. The van der Waals surface area contributed by atoms with Crippen molar-refractivity contribution in [1.29, 1.82) is 0 Å². The maximum atomic E-state index is 14.0. The van der Waals surface area contributed by atoms with Crippen LogP contribution in [0.1, 0.15) is 59.3 Å². The molecule has 0 spiro atoms. The molecule has 7 atom stereocenters. The number of ketones is 2. The molecule has 37 heavy (non-hydrogen) atoms. The number of ether oxygens (including phenoxy) is 3. The second-order valence-electron chi connectivity index (χ2n) is 11.7. The van der Waals surface area contributed by atoms with Crippen molar-refractivity contribution >= 4 is 23.5 Å². The van der Waals surface area contributed by atoms with E-state index in [-0.39, 0.29) is 18.1 Å². The van der Waals surface area contributed by atoms with E-state index in [2.05, 4.69) is 0 Å². The summed E-state index contributed by atoms with van der Waals surface area (Å²) in [5.41, 5.74) is -0.819. The molecule has 0 bridgehead atoms. The molecular formula is C28H37NO8. The molecule has 1 N–H and O–H groups in total. The molecule has 9 heteroatoms. The molecule has 202 valence electrons. The Hall–Kier alpha value is -2.52. The SMILES string of the molecule is COC[C@H]1OC(=O)/C(=C/N2CCCCC2)C2C(=O)C(=O)C3=C([C@H](OC(C)=O)C[C@@]4(C)C3CC[C@@H]4O)[C@]21C. The van der Waals surface area contributed by atoms with E-state index >= 15 is 0 Å². The summed E-state index contributed by atoms with van der Waals surface area (Å²) < 4.78 is 17.2. The number of aliphatic hydroxyl groups excluding tert-OH is 1. The fourth-order valence-electron chi connectivity index (χ4n) is 7.73. The summed E-state index contributed by atoms with van der Waals surface area (Å²) in [6, 6.07) is 0. The number of piperidine rings is 1. The minimum Gasteiger partial charge on any atom is -0.458 e. The van der Waals surface area contributed by atoms with Gasteiger partial charge in [-0.25, -0.2) is 4.79 Å². The molecule has 5 rings (SSSR count). The zero-order chi connectivity index (χ0) is 26.7. The van der Waals surface area contributed by atoms with Crippen LogP contribution in [0.5, 0.6) is 0 Å². The summed E-state index contributed by atoms with van der Waals surface area (Å²) in [5.74, 6) is -3.86. The largest absolute Gasteiger partial charge is 0.458 e. The van der Waals surface area contributed by atoms with Crippen molar-refractivity contribution in [3.05, 3.63) is 22.9 Å². The van der Waals surface area contributed by atoms with E-state index in [1.54, 1.807) is 6.20 Å². The van der Waals surface area contributed by atoms with E-state index < -0.39 is 58.6 Å². The van der Waals surface area contributed by atoms with Crippen molar-refractivity contribution in [2.24, 2.45) is 22.7 Å². The van der Waals surface area contributed by atoms with Crippen LogP contribution in [0.2, 0.25) is 0 Å². The van der Waals surface area contributed by atoms with Gasteiger partial charge in [-0.3, -0.25) is 14.4 Å². The maximum Gasteiger partial charge on any atom is 0.336 e. The Bertz CT molecular complexity index is 1090. The van der Waals surface area contributed by atoms with Crippen LogP contribution < -0.4 is 0 Å². The zero-order valence-corrected chi connectivity index (χ0v) is 22.1. The van der Waals surface area contributed by atoms with Crippen LogP contribution in [-0.4, -0.2) is 78.6 Å². The topological polar surface area (TPSA) is 119 Å². The molecule has 0 amide bonds. The first-order chi connectivity index (χ1) is 17.5. The molecule has 1 saturated carbocycles. The number of allylic oxidation sites excluding steroid dienone is 1. The lowest BCUT2D eigenvalue weighted by molar-refractivity contribution is -0.175. The number of carbonyl (C=O) groups is 4. The normalized spacial score (nSPS) is 40.8. The van der Waals surface area contributed by atoms with Crippen LogP contribution in [0.4, 0.5) is 0 Å². The Labute approximate surface area is 217 Å². The van der Waals surface area contributed by atoms with Crippen molar-refractivity contribution in [3.63, 3.8) is 0 Å². The van der Waals surface area contributed by atoms with Gasteiger partial charge in [0.1, 0.15) is 12.2 Å². The van der Waals surface area contributed by atoms with Crippen LogP contribution in [0.25, 0.3) is 0 Å². The lowest BCUT2D eigenvalue weighted by Gasteiger charge is -2.56. The number of methoxy groups -OCH3 is 1. The van der Waals surface area contributed by atoms with Crippen LogP contribution in [0.3, 0.4) is 0 Å². The molecule has 9 nitrogen and oxygen atoms in total. The number of hydrogen-bond acceptors (Lipinski definition) is 9. The molecule has 2 unspecified atom stereocenters. The fraction of sp³-hybridized carbons (Fsp3) is 0.714. The first-order valence-corrected chi connectivity index (χ1v) is 13.4. The lowest BCUT2D eigenvalue weighted by Crippen LogP contribution is -2.63. The second-order valence-corrected chi connectivity index (χ2v) is 11.7. The van der Waals surface area contributed by atoms with Gasteiger partial charge in [0.15, 0.2) is 0 Å². The van der Waals surface area contributed by atoms with Gasteiger partial charge in [0.25, 0.3) is 0 Å². The first kappa shape index (κ1) is 26.1. The third kappa shape index (κ3) is 3.88. The van der Waals surface area contributed by atoms with E-state index in [0.717, 1.165) is 32.4 Å². The maximum absolute atomic E-state index is 14.0. The zero-order valence-electron chi connectivity index (χ0n) is 22.1. The highest BCUT2D eigenvalue weighted by Gasteiger charge is 2.67. The third-order valence-electron chi connectivity index (χ3n) is 9.59.